The Kier molecular flexibility index (Phi) is 6.23. The molecule has 0 aliphatic carbocycles. The lowest BCUT2D eigenvalue weighted by Gasteiger charge is -2.20. The number of hydrogen-bond acceptors (Lipinski definition) is 5. The predicted octanol–water partition coefficient (Wildman–Crippen LogP) is 2.12. The van der Waals surface area contributed by atoms with Crippen molar-refractivity contribution in [2.24, 2.45) is 0 Å². The second-order valence-corrected chi connectivity index (χ2v) is 6.06. The van der Waals surface area contributed by atoms with Crippen LogP contribution in [0.15, 0.2) is 10.9 Å². The van der Waals surface area contributed by atoms with E-state index in [-0.39, 0.29) is 0 Å². The van der Waals surface area contributed by atoms with Gasteiger partial charge in [0.15, 0.2) is 0 Å². The van der Waals surface area contributed by atoms with Gasteiger partial charge in [-0.3, -0.25) is 4.90 Å². The Morgan fingerprint density at radius 2 is 2.32 bits per heavy atom. The second-order valence-electron chi connectivity index (χ2n) is 5.34. The van der Waals surface area contributed by atoms with Gasteiger partial charge in [-0.05, 0) is 32.9 Å². The van der Waals surface area contributed by atoms with Crippen LogP contribution in [-0.4, -0.2) is 48.8 Å². The number of thiazole rings is 1. The fourth-order valence-electron chi connectivity index (χ4n) is 2.51. The van der Waals surface area contributed by atoms with E-state index >= 15 is 0 Å². The molecule has 1 saturated heterocycles. The first-order valence-electron chi connectivity index (χ1n) is 7.19. The van der Waals surface area contributed by atoms with E-state index in [9.17, 15) is 0 Å². The first kappa shape index (κ1) is 14.9. The van der Waals surface area contributed by atoms with Gasteiger partial charge in [-0.15, -0.1) is 11.3 Å². The summed E-state index contributed by atoms with van der Waals surface area (Å²) in [5.41, 5.74) is 3.05. The topological polar surface area (TPSA) is 37.4 Å². The summed E-state index contributed by atoms with van der Waals surface area (Å²) < 4.78 is 6.08. The van der Waals surface area contributed by atoms with Gasteiger partial charge in [-0.1, -0.05) is 6.92 Å². The van der Waals surface area contributed by atoms with Crippen LogP contribution in [0, 0.1) is 0 Å². The van der Waals surface area contributed by atoms with Crippen molar-refractivity contribution in [1.29, 1.82) is 0 Å². The molecule has 0 bridgehead atoms. The molecule has 4 nitrogen and oxygen atoms in total. The molecule has 0 saturated carbocycles. The van der Waals surface area contributed by atoms with Crippen LogP contribution in [0.1, 0.15) is 31.9 Å². The van der Waals surface area contributed by atoms with E-state index in [1.165, 1.54) is 19.3 Å². The van der Waals surface area contributed by atoms with Gasteiger partial charge in [-0.25, -0.2) is 4.98 Å². The van der Waals surface area contributed by atoms with Crippen molar-refractivity contribution in [1.82, 2.24) is 15.2 Å². The van der Waals surface area contributed by atoms with E-state index in [1.807, 2.05) is 5.51 Å². The highest BCUT2D eigenvalue weighted by molar-refractivity contribution is 7.07. The molecule has 5 heteroatoms. The summed E-state index contributed by atoms with van der Waals surface area (Å²) in [6.07, 6.45) is 4.35. The maximum atomic E-state index is 6.08. The number of nitrogens with one attached hydrogen (secondary N) is 1. The highest BCUT2D eigenvalue weighted by atomic mass is 32.1. The highest BCUT2D eigenvalue weighted by Gasteiger charge is 2.25. The van der Waals surface area contributed by atoms with Crippen LogP contribution in [0.2, 0.25) is 0 Å². The highest BCUT2D eigenvalue weighted by Crippen LogP contribution is 2.20. The Balaban J connectivity index is 1.64. The van der Waals surface area contributed by atoms with Gasteiger partial charge in [0.2, 0.25) is 0 Å². The van der Waals surface area contributed by atoms with Crippen LogP contribution in [0.4, 0.5) is 0 Å². The summed E-state index contributed by atoms with van der Waals surface area (Å²) in [4.78, 5) is 6.63. The van der Waals surface area contributed by atoms with E-state index in [0.717, 1.165) is 31.9 Å². The quantitative estimate of drug-likeness (QED) is 0.742. The molecule has 2 unspecified atom stereocenters. The van der Waals surface area contributed by atoms with Gasteiger partial charge in [0.05, 0.1) is 23.4 Å². The maximum Gasteiger partial charge on any atom is 0.0795 e. The van der Waals surface area contributed by atoms with E-state index < -0.39 is 0 Å². The molecule has 19 heavy (non-hydrogen) atoms. The number of ether oxygens (including phenoxy) is 1. The zero-order chi connectivity index (χ0) is 13.5. The summed E-state index contributed by atoms with van der Waals surface area (Å²) >= 11 is 1.66. The van der Waals surface area contributed by atoms with E-state index in [1.54, 1.807) is 11.3 Å². The Morgan fingerprint density at radius 1 is 1.47 bits per heavy atom. The summed E-state index contributed by atoms with van der Waals surface area (Å²) in [5, 5.41) is 5.55. The molecule has 2 heterocycles. The Bertz CT molecular complexity index is 344. The first-order chi connectivity index (χ1) is 9.28. The molecule has 2 rings (SSSR count). The Morgan fingerprint density at radius 3 is 3.05 bits per heavy atom. The largest absolute Gasteiger partial charge is 0.372 e. The average molecular weight is 283 g/mol. The van der Waals surface area contributed by atoms with Gasteiger partial charge >= 0.3 is 0 Å². The Hall–Kier alpha value is -0.490. The van der Waals surface area contributed by atoms with Crippen LogP contribution in [0.3, 0.4) is 0 Å². The minimum absolute atomic E-state index is 0.386. The molecular weight excluding hydrogens is 258 g/mol. The summed E-state index contributed by atoms with van der Waals surface area (Å²) in [7, 11) is 2.14. The molecule has 1 aromatic rings. The molecule has 1 aliphatic rings. The third-order valence-electron chi connectivity index (χ3n) is 3.42. The number of hydrogen-bond donors (Lipinski definition) is 1. The standard InChI is InChI=1S/C14H25N3OS/c1-3-6-15-7-13-4-5-14(18-13)9-17(2)8-12-10-19-11-16-12/h10-11,13-15H,3-9H2,1-2H3. The Labute approximate surface area is 120 Å². The zero-order valence-corrected chi connectivity index (χ0v) is 12.8. The molecule has 1 fully saturated rings. The van der Waals surface area contributed by atoms with E-state index in [4.69, 9.17) is 4.74 Å². The van der Waals surface area contributed by atoms with Crippen molar-refractivity contribution in [2.45, 2.75) is 44.9 Å². The average Bonchev–Trinajstić information content (AvgIpc) is 3.02. The fraction of sp³-hybridized carbons (Fsp3) is 0.786. The molecule has 0 amide bonds. The molecule has 0 spiro atoms. The van der Waals surface area contributed by atoms with Crippen molar-refractivity contribution in [3.8, 4) is 0 Å². The van der Waals surface area contributed by atoms with Crippen LogP contribution < -0.4 is 5.32 Å². The smallest absolute Gasteiger partial charge is 0.0795 e. The lowest BCUT2D eigenvalue weighted by molar-refractivity contribution is 0.0267. The predicted molar refractivity (Wildman–Crippen MR) is 79.5 cm³/mol. The minimum atomic E-state index is 0.386. The SMILES string of the molecule is CCCNCC1CCC(CN(C)Cc2cscn2)O1. The zero-order valence-electron chi connectivity index (χ0n) is 12.0. The summed E-state index contributed by atoms with van der Waals surface area (Å²) in [5.74, 6) is 0. The minimum Gasteiger partial charge on any atom is -0.372 e. The number of likely N-dealkylation sites (N-methyl/N-ethyl adjacent to an activating group) is 1. The van der Waals surface area contributed by atoms with Gasteiger partial charge in [0.1, 0.15) is 0 Å². The first-order valence-corrected chi connectivity index (χ1v) is 8.14. The van der Waals surface area contributed by atoms with Crippen molar-refractivity contribution < 1.29 is 4.74 Å². The number of nitrogens with zero attached hydrogens (tertiary/aromatic N) is 2. The maximum absolute atomic E-state index is 6.08. The third-order valence-corrected chi connectivity index (χ3v) is 4.06. The normalized spacial score (nSPS) is 23.3. The van der Waals surface area contributed by atoms with Gasteiger partial charge < -0.3 is 10.1 Å². The molecular formula is C14H25N3OS. The van der Waals surface area contributed by atoms with Crippen molar-refractivity contribution in [2.75, 3.05) is 26.7 Å². The van der Waals surface area contributed by atoms with Crippen LogP contribution in [-0.2, 0) is 11.3 Å². The lowest BCUT2D eigenvalue weighted by atomic mass is 10.2. The summed E-state index contributed by atoms with van der Waals surface area (Å²) in [6, 6.07) is 0. The van der Waals surface area contributed by atoms with Crippen LogP contribution in [0.5, 0.6) is 0 Å². The summed E-state index contributed by atoms with van der Waals surface area (Å²) in [6.45, 7) is 6.21. The molecule has 0 radical (unpaired) electrons. The van der Waals surface area contributed by atoms with Gasteiger partial charge in [0, 0.05) is 25.0 Å². The second kappa shape index (κ2) is 7.94. The fourth-order valence-corrected chi connectivity index (χ4v) is 3.06. The number of rotatable bonds is 8. The molecule has 0 aromatic carbocycles. The van der Waals surface area contributed by atoms with Gasteiger partial charge in [-0.2, -0.15) is 0 Å². The van der Waals surface area contributed by atoms with E-state index in [2.05, 4.69) is 34.6 Å². The van der Waals surface area contributed by atoms with E-state index in [0.29, 0.717) is 12.2 Å². The monoisotopic (exact) mass is 283 g/mol. The third kappa shape index (κ3) is 5.18. The molecule has 1 aliphatic heterocycles. The molecule has 1 aromatic heterocycles. The molecule has 108 valence electrons. The van der Waals surface area contributed by atoms with Crippen molar-refractivity contribution >= 4 is 11.3 Å². The number of aromatic nitrogens is 1. The molecule has 1 N–H and O–H groups in total. The van der Waals surface area contributed by atoms with Crippen molar-refractivity contribution in [3.05, 3.63) is 16.6 Å². The van der Waals surface area contributed by atoms with Crippen LogP contribution >= 0.6 is 11.3 Å². The van der Waals surface area contributed by atoms with Gasteiger partial charge in [0.25, 0.3) is 0 Å². The lowest BCUT2D eigenvalue weighted by Crippen LogP contribution is -2.31. The van der Waals surface area contributed by atoms with Crippen LogP contribution in [0.25, 0.3) is 0 Å². The molecule has 2 atom stereocenters. The van der Waals surface area contributed by atoms with Crippen molar-refractivity contribution in [3.63, 3.8) is 0 Å².